The Balaban J connectivity index is 1.55. The second-order valence-corrected chi connectivity index (χ2v) is 8.81. The lowest BCUT2D eigenvalue weighted by molar-refractivity contribution is -0.124. The molecule has 2 aliphatic heterocycles. The molecule has 0 spiro atoms. The molecule has 0 bridgehead atoms. The highest BCUT2D eigenvalue weighted by atomic mass is 16.2. The maximum absolute atomic E-state index is 12.9. The van der Waals surface area contributed by atoms with Gasteiger partial charge in [0, 0.05) is 37.7 Å². The van der Waals surface area contributed by atoms with Gasteiger partial charge in [-0.05, 0) is 63.9 Å². The van der Waals surface area contributed by atoms with Crippen molar-refractivity contribution < 1.29 is 9.59 Å². The van der Waals surface area contributed by atoms with Crippen LogP contribution >= 0.6 is 0 Å². The lowest BCUT2D eigenvalue weighted by Crippen LogP contribution is -2.42. The molecule has 154 valence electrons. The Labute approximate surface area is 168 Å². The van der Waals surface area contributed by atoms with Gasteiger partial charge in [0.15, 0.2) is 0 Å². The van der Waals surface area contributed by atoms with Gasteiger partial charge in [0.1, 0.15) is 11.6 Å². The van der Waals surface area contributed by atoms with Gasteiger partial charge in [0.05, 0.1) is 5.56 Å². The summed E-state index contributed by atoms with van der Waals surface area (Å²) in [6, 6.07) is 4.20. The summed E-state index contributed by atoms with van der Waals surface area (Å²) in [5.41, 5.74) is 0.603. The maximum atomic E-state index is 12.9. The highest BCUT2D eigenvalue weighted by molar-refractivity contribution is 5.94. The van der Waals surface area contributed by atoms with E-state index in [0.29, 0.717) is 36.3 Å². The average Bonchev–Trinajstić information content (AvgIpc) is 2.69. The molecule has 0 unspecified atom stereocenters. The third-order valence-corrected chi connectivity index (χ3v) is 5.85. The summed E-state index contributed by atoms with van der Waals surface area (Å²) in [5, 5.41) is 3.48. The van der Waals surface area contributed by atoms with Crippen molar-refractivity contribution in [2.45, 2.75) is 52.0 Å². The number of aromatic nitrogens is 1. The smallest absolute Gasteiger partial charge is 0.255 e. The van der Waals surface area contributed by atoms with E-state index < -0.39 is 0 Å². The fourth-order valence-electron chi connectivity index (χ4n) is 4.14. The number of likely N-dealkylation sites (tertiary alicyclic amines) is 2. The molecule has 6 heteroatoms. The lowest BCUT2D eigenvalue weighted by Gasteiger charge is -2.32. The highest BCUT2D eigenvalue weighted by Crippen LogP contribution is 2.22. The standard InChI is InChI=1S/C22H34N4O2/c1-16(2)13-20(27)18-5-4-10-26(15-18)22(28)17-6-7-21(23-14-17)24-19-8-11-25(3)12-9-19/h6-7,14,16,18-19H,4-5,8-13,15H2,1-3H3,(H,23,24)/t18-/m0/s1. The quantitative estimate of drug-likeness (QED) is 0.814. The molecule has 1 aromatic rings. The number of rotatable bonds is 6. The van der Waals surface area contributed by atoms with Crippen LogP contribution in [0.4, 0.5) is 5.82 Å². The van der Waals surface area contributed by atoms with Crippen molar-refractivity contribution in [3.05, 3.63) is 23.9 Å². The molecule has 6 nitrogen and oxygen atoms in total. The van der Waals surface area contributed by atoms with Crippen molar-refractivity contribution in [1.82, 2.24) is 14.8 Å². The molecular formula is C22H34N4O2. The molecule has 1 atom stereocenters. The van der Waals surface area contributed by atoms with Crippen LogP contribution in [0.2, 0.25) is 0 Å². The molecule has 2 aliphatic rings. The molecule has 0 saturated carbocycles. The van der Waals surface area contributed by atoms with Gasteiger partial charge in [-0.3, -0.25) is 9.59 Å². The number of carbonyl (C=O) groups is 2. The zero-order chi connectivity index (χ0) is 20.1. The SMILES string of the molecule is CC(C)CC(=O)[C@H]1CCCN(C(=O)c2ccc(NC3CCN(C)CC3)nc2)C1. The largest absolute Gasteiger partial charge is 0.367 e. The number of carbonyl (C=O) groups excluding carboxylic acids is 2. The Morgan fingerprint density at radius 1 is 1.18 bits per heavy atom. The Bertz CT molecular complexity index is 666. The van der Waals surface area contributed by atoms with Gasteiger partial charge in [0.25, 0.3) is 5.91 Å². The Morgan fingerprint density at radius 3 is 2.57 bits per heavy atom. The van der Waals surface area contributed by atoms with Gasteiger partial charge >= 0.3 is 0 Å². The average molecular weight is 387 g/mol. The number of piperidine rings is 2. The van der Waals surface area contributed by atoms with Gasteiger partial charge in [-0.25, -0.2) is 4.98 Å². The van der Waals surface area contributed by atoms with E-state index in [2.05, 4.69) is 36.1 Å². The number of amides is 1. The van der Waals surface area contributed by atoms with E-state index in [0.717, 1.165) is 51.1 Å². The van der Waals surface area contributed by atoms with Gasteiger partial charge in [0.2, 0.25) is 0 Å². The topological polar surface area (TPSA) is 65.5 Å². The van der Waals surface area contributed by atoms with Crippen LogP contribution in [0.1, 0.15) is 56.3 Å². The zero-order valence-corrected chi connectivity index (χ0v) is 17.5. The third-order valence-electron chi connectivity index (χ3n) is 5.85. The minimum Gasteiger partial charge on any atom is -0.367 e. The number of Topliss-reactive ketones (excluding diaryl/α,β-unsaturated/α-hetero) is 1. The van der Waals surface area contributed by atoms with E-state index >= 15 is 0 Å². The predicted octanol–water partition coefficient (Wildman–Crippen LogP) is 3.06. The van der Waals surface area contributed by atoms with Crippen LogP contribution in [0, 0.1) is 11.8 Å². The maximum Gasteiger partial charge on any atom is 0.255 e. The van der Waals surface area contributed by atoms with E-state index in [1.54, 1.807) is 6.20 Å². The minimum absolute atomic E-state index is 0.0135. The summed E-state index contributed by atoms with van der Waals surface area (Å²) in [5.74, 6) is 1.46. The van der Waals surface area contributed by atoms with Crippen molar-refractivity contribution in [3.8, 4) is 0 Å². The van der Waals surface area contributed by atoms with Gasteiger partial charge in [-0.15, -0.1) is 0 Å². The summed E-state index contributed by atoms with van der Waals surface area (Å²) < 4.78 is 0. The van der Waals surface area contributed by atoms with E-state index in [4.69, 9.17) is 0 Å². The summed E-state index contributed by atoms with van der Waals surface area (Å²) in [6.07, 6.45) is 6.28. The van der Waals surface area contributed by atoms with Crippen LogP contribution in [0.5, 0.6) is 0 Å². The molecule has 2 fully saturated rings. The Hall–Kier alpha value is -1.95. The first-order chi connectivity index (χ1) is 13.4. The van der Waals surface area contributed by atoms with Gasteiger partial charge < -0.3 is 15.1 Å². The fourth-order valence-corrected chi connectivity index (χ4v) is 4.14. The number of anilines is 1. The third kappa shape index (κ3) is 5.53. The molecule has 1 amide bonds. The van der Waals surface area contributed by atoms with Crippen LogP contribution in [-0.2, 0) is 4.79 Å². The fraction of sp³-hybridized carbons (Fsp3) is 0.682. The Morgan fingerprint density at radius 2 is 1.93 bits per heavy atom. The normalized spacial score (nSPS) is 21.7. The lowest BCUT2D eigenvalue weighted by atomic mass is 9.89. The van der Waals surface area contributed by atoms with Crippen LogP contribution < -0.4 is 5.32 Å². The second kappa shape index (κ2) is 9.50. The zero-order valence-electron chi connectivity index (χ0n) is 17.5. The van der Waals surface area contributed by atoms with Crippen molar-refractivity contribution in [2.75, 3.05) is 38.5 Å². The molecular weight excluding hydrogens is 352 g/mol. The number of pyridine rings is 1. The highest BCUT2D eigenvalue weighted by Gasteiger charge is 2.29. The Kier molecular flexibility index (Phi) is 7.05. The molecule has 3 rings (SSSR count). The van der Waals surface area contributed by atoms with Crippen LogP contribution in [0.3, 0.4) is 0 Å². The van der Waals surface area contributed by atoms with E-state index in [-0.39, 0.29) is 11.8 Å². The van der Waals surface area contributed by atoms with Crippen LogP contribution in [0.15, 0.2) is 18.3 Å². The predicted molar refractivity (Wildman–Crippen MR) is 111 cm³/mol. The molecule has 0 aliphatic carbocycles. The number of nitrogens with zero attached hydrogens (tertiary/aromatic N) is 3. The molecule has 0 radical (unpaired) electrons. The van der Waals surface area contributed by atoms with Gasteiger partial charge in [-0.1, -0.05) is 13.8 Å². The van der Waals surface area contributed by atoms with Gasteiger partial charge in [-0.2, -0.15) is 0 Å². The number of ketones is 1. The van der Waals surface area contributed by atoms with E-state index in [9.17, 15) is 9.59 Å². The molecule has 28 heavy (non-hydrogen) atoms. The first-order valence-corrected chi connectivity index (χ1v) is 10.7. The molecule has 1 N–H and O–H groups in total. The molecule has 0 aromatic carbocycles. The summed E-state index contributed by atoms with van der Waals surface area (Å²) in [7, 11) is 2.15. The first-order valence-electron chi connectivity index (χ1n) is 10.7. The minimum atomic E-state index is -0.0153. The summed E-state index contributed by atoms with van der Waals surface area (Å²) >= 11 is 0. The number of nitrogens with one attached hydrogen (secondary N) is 1. The second-order valence-electron chi connectivity index (χ2n) is 8.81. The molecule has 1 aromatic heterocycles. The van der Waals surface area contributed by atoms with Crippen molar-refractivity contribution in [2.24, 2.45) is 11.8 Å². The first kappa shape index (κ1) is 20.8. The summed E-state index contributed by atoms with van der Waals surface area (Å²) in [6.45, 7) is 7.59. The van der Waals surface area contributed by atoms with Crippen LogP contribution in [-0.4, -0.2) is 65.7 Å². The number of hydrogen-bond acceptors (Lipinski definition) is 5. The van der Waals surface area contributed by atoms with Crippen molar-refractivity contribution in [3.63, 3.8) is 0 Å². The monoisotopic (exact) mass is 386 g/mol. The molecule has 3 heterocycles. The van der Waals surface area contributed by atoms with Crippen molar-refractivity contribution in [1.29, 1.82) is 0 Å². The number of hydrogen-bond donors (Lipinski definition) is 1. The van der Waals surface area contributed by atoms with E-state index in [1.165, 1.54) is 0 Å². The molecule has 2 saturated heterocycles. The van der Waals surface area contributed by atoms with Crippen molar-refractivity contribution >= 4 is 17.5 Å². The van der Waals surface area contributed by atoms with Crippen LogP contribution in [0.25, 0.3) is 0 Å². The summed E-state index contributed by atoms with van der Waals surface area (Å²) in [4.78, 5) is 33.9. The van der Waals surface area contributed by atoms with E-state index in [1.807, 2.05) is 17.0 Å².